The molecule has 2 fully saturated rings. The Bertz CT molecular complexity index is 180. The van der Waals surface area contributed by atoms with Gasteiger partial charge in [0.05, 0.1) is 5.41 Å². The molecule has 0 aromatic rings. The Morgan fingerprint density at radius 2 is 2.50 bits per heavy atom. The molecule has 3 heteroatoms. The van der Waals surface area contributed by atoms with Crippen LogP contribution in [0, 0.1) is 11.3 Å². The maximum Gasteiger partial charge on any atom is 0.225 e. The van der Waals surface area contributed by atoms with Crippen molar-refractivity contribution >= 4 is 5.91 Å². The predicted octanol–water partition coefficient (Wildman–Crippen LogP) is -0.529. The summed E-state index contributed by atoms with van der Waals surface area (Å²) in [6.07, 6.45) is 2.15. The van der Waals surface area contributed by atoms with E-state index in [2.05, 4.69) is 5.32 Å². The van der Waals surface area contributed by atoms with Crippen LogP contribution in [0.5, 0.6) is 0 Å². The fraction of sp³-hybridized carbons (Fsp3) is 0.857. The molecule has 2 atom stereocenters. The predicted molar refractivity (Wildman–Crippen MR) is 37.2 cm³/mol. The van der Waals surface area contributed by atoms with Crippen molar-refractivity contribution in [3.63, 3.8) is 0 Å². The van der Waals surface area contributed by atoms with Crippen LogP contribution in [0.1, 0.15) is 12.8 Å². The van der Waals surface area contributed by atoms with Gasteiger partial charge in [-0.2, -0.15) is 0 Å². The fourth-order valence-corrected chi connectivity index (χ4v) is 1.95. The lowest BCUT2D eigenvalue weighted by Gasteiger charge is -2.19. The number of primary amides is 1. The second kappa shape index (κ2) is 1.72. The minimum atomic E-state index is -0.127. The summed E-state index contributed by atoms with van der Waals surface area (Å²) in [5.74, 6) is 0.496. The Morgan fingerprint density at radius 3 is 3.00 bits per heavy atom. The SMILES string of the molecule is NC(=O)C12CNCCC1C2. The van der Waals surface area contributed by atoms with Crippen LogP contribution in [0.3, 0.4) is 0 Å². The van der Waals surface area contributed by atoms with Crippen molar-refractivity contribution in [2.75, 3.05) is 13.1 Å². The highest BCUT2D eigenvalue weighted by Gasteiger charge is 2.59. The number of hydrogen-bond acceptors (Lipinski definition) is 2. The van der Waals surface area contributed by atoms with Crippen LogP contribution in [-0.4, -0.2) is 19.0 Å². The summed E-state index contributed by atoms with van der Waals surface area (Å²) in [6, 6.07) is 0. The maximum atomic E-state index is 10.9. The van der Waals surface area contributed by atoms with Crippen LogP contribution >= 0.6 is 0 Å². The van der Waals surface area contributed by atoms with Crippen LogP contribution in [0.25, 0.3) is 0 Å². The zero-order valence-electron chi connectivity index (χ0n) is 5.89. The molecule has 2 unspecified atom stereocenters. The molecule has 0 aromatic heterocycles. The van der Waals surface area contributed by atoms with Crippen LogP contribution in [-0.2, 0) is 4.79 Å². The van der Waals surface area contributed by atoms with Crippen molar-refractivity contribution in [3.8, 4) is 0 Å². The number of amides is 1. The van der Waals surface area contributed by atoms with Crippen LogP contribution in [0.15, 0.2) is 0 Å². The van der Waals surface area contributed by atoms with Crippen molar-refractivity contribution in [1.29, 1.82) is 0 Å². The van der Waals surface area contributed by atoms with E-state index in [9.17, 15) is 4.79 Å². The quantitative estimate of drug-likeness (QED) is 0.514. The third kappa shape index (κ3) is 0.611. The summed E-state index contributed by atoms with van der Waals surface area (Å²) in [7, 11) is 0. The van der Waals surface area contributed by atoms with E-state index in [1.54, 1.807) is 0 Å². The normalized spacial score (nSPS) is 44.2. The van der Waals surface area contributed by atoms with Crippen LogP contribution < -0.4 is 11.1 Å². The highest BCUT2D eigenvalue weighted by Crippen LogP contribution is 2.55. The van der Waals surface area contributed by atoms with Crippen LogP contribution in [0.4, 0.5) is 0 Å². The van der Waals surface area contributed by atoms with Gasteiger partial charge in [0, 0.05) is 6.54 Å². The summed E-state index contributed by atoms with van der Waals surface area (Å²) >= 11 is 0. The van der Waals surface area contributed by atoms with E-state index < -0.39 is 0 Å². The van der Waals surface area contributed by atoms with E-state index in [4.69, 9.17) is 5.73 Å². The lowest BCUT2D eigenvalue weighted by atomic mass is 9.98. The molecule has 2 aliphatic rings. The monoisotopic (exact) mass is 140 g/mol. The largest absolute Gasteiger partial charge is 0.369 e. The first kappa shape index (κ1) is 6.16. The van der Waals surface area contributed by atoms with Gasteiger partial charge in [-0.05, 0) is 25.3 Å². The molecule has 1 heterocycles. The number of nitrogens with one attached hydrogen (secondary N) is 1. The molecule has 0 bridgehead atoms. The van der Waals surface area contributed by atoms with E-state index in [1.165, 1.54) is 0 Å². The lowest BCUT2D eigenvalue weighted by molar-refractivity contribution is -0.123. The zero-order valence-corrected chi connectivity index (χ0v) is 5.89. The Kier molecular flexibility index (Phi) is 1.06. The number of carbonyl (C=O) groups is 1. The van der Waals surface area contributed by atoms with Gasteiger partial charge in [0.1, 0.15) is 0 Å². The van der Waals surface area contributed by atoms with Crippen molar-refractivity contribution in [1.82, 2.24) is 5.32 Å². The van der Waals surface area contributed by atoms with Gasteiger partial charge in [0.2, 0.25) is 5.91 Å². The summed E-state index contributed by atoms with van der Waals surface area (Å²) < 4.78 is 0. The van der Waals surface area contributed by atoms with Gasteiger partial charge in [0.25, 0.3) is 0 Å². The fourth-order valence-electron chi connectivity index (χ4n) is 1.95. The highest BCUT2D eigenvalue weighted by atomic mass is 16.1. The number of carbonyl (C=O) groups excluding carboxylic acids is 1. The van der Waals surface area contributed by atoms with Gasteiger partial charge in [-0.15, -0.1) is 0 Å². The summed E-state index contributed by atoms with van der Waals surface area (Å²) in [5, 5.41) is 3.20. The van der Waals surface area contributed by atoms with E-state index in [1.807, 2.05) is 0 Å². The molecule has 0 radical (unpaired) electrons. The van der Waals surface area contributed by atoms with E-state index in [0.717, 1.165) is 25.9 Å². The Labute approximate surface area is 60.0 Å². The molecule has 3 N–H and O–H groups in total. The van der Waals surface area contributed by atoms with Crippen molar-refractivity contribution in [3.05, 3.63) is 0 Å². The molecular weight excluding hydrogens is 128 g/mol. The average molecular weight is 140 g/mol. The number of hydrogen-bond donors (Lipinski definition) is 2. The second-order valence-corrected chi connectivity index (χ2v) is 3.39. The number of nitrogens with two attached hydrogens (primary N) is 1. The summed E-state index contributed by atoms with van der Waals surface area (Å²) in [6.45, 7) is 1.87. The number of fused-ring (bicyclic) bond motifs is 1. The third-order valence-electron chi connectivity index (χ3n) is 2.83. The number of rotatable bonds is 1. The second-order valence-electron chi connectivity index (χ2n) is 3.39. The van der Waals surface area contributed by atoms with Crippen molar-refractivity contribution in [2.45, 2.75) is 12.8 Å². The molecule has 0 aromatic carbocycles. The van der Waals surface area contributed by atoms with Gasteiger partial charge in [-0.1, -0.05) is 0 Å². The molecule has 1 aliphatic carbocycles. The highest BCUT2D eigenvalue weighted by molar-refractivity contribution is 5.84. The standard InChI is InChI=1S/C7H12N2O/c8-6(10)7-3-5(7)1-2-9-4-7/h5,9H,1-4H2,(H2,8,10). The van der Waals surface area contributed by atoms with Gasteiger partial charge in [-0.25, -0.2) is 0 Å². The zero-order chi connectivity index (χ0) is 7.19. The topological polar surface area (TPSA) is 55.1 Å². The molecule has 1 aliphatic heterocycles. The number of piperidine rings is 1. The van der Waals surface area contributed by atoms with Gasteiger partial charge in [0.15, 0.2) is 0 Å². The first-order valence-electron chi connectivity index (χ1n) is 3.76. The molecule has 2 rings (SSSR count). The summed E-state index contributed by atoms with van der Waals surface area (Å²) in [5.41, 5.74) is 5.14. The molecule has 0 spiro atoms. The summed E-state index contributed by atoms with van der Waals surface area (Å²) in [4.78, 5) is 10.9. The van der Waals surface area contributed by atoms with Gasteiger partial charge >= 0.3 is 0 Å². The van der Waals surface area contributed by atoms with Gasteiger partial charge in [-0.3, -0.25) is 4.79 Å². The van der Waals surface area contributed by atoms with Crippen LogP contribution in [0.2, 0.25) is 0 Å². The Hall–Kier alpha value is -0.570. The average Bonchev–Trinajstić information content (AvgIpc) is 2.61. The van der Waals surface area contributed by atoms with E-state index in [0.29, 0.717) is 5.92 Å². The van der Waals surface area contributed by atoms with E-state index >= 15 is 0 Å². The third-order valence-corrected chi connectivity index (χ3v) is 2.83. The molecule has 56 valence electrons. The molecular formula is C7H12N2O. The first-order chi connectivity index (χ1) is 4.76. The maximum absolute atomic E-state index is 10.9. The Morgan fingerprint density at radius 1 is 1.70 bits per heavy atom. The van der Waals surface area contributed by atoms with E-state index in [-0.39, 0.29) is 11.3 Å². The Balaban J connectivity index is 2.12. The smallest absolute Gasteiger partial charge is 0.225 e. The minimum Gasteiger partial charge on any atom is -0.369 e. The molecule has 1 saturated carbocycles. The van der Waals surface area contributed by atoms with Crippen molar-refractivity contribution < 1.29 is 4.79 Å². The molecule has 3 nitrogen and oxygen atoms in total. The minimum absolute atomic E-state index is 0.107. The molecule has 10 heavy (non-hydrogen) atoms. The molecule has 1 amide bonds. The first-order valence-corrected chi connectivity index (χ1v) is 3.76. The van der Waals surface area contributed by atoms with Gasteiger partial charge < -0.3 is 11.1 Å². The molecule has 1 saturated heterocycles. The van der Waals surface area contributed by atoms with Crippen molar-refractivity contribution in [2.24, 2.45) is 17.1 Å². The lowest BCUT2D eigenvalue weighted by Crippen LogP contribution is -2.40.